The van der Waals surface area contributed by atoms with Crippen LogP contribution in [0.15, 0.2) is 18.2 Å². The molecule has 0 aromatic heterocycles. The normalized spacial score (nSPS) is 10.1. The molecular formula is C12H16N2O4. The smallest absolute Gasteiger partial charge is 0.306 e. The van der Waals surface area contributed by atoms with Gasteiger partial charge in [0.15, 0.2) is 0 Å². The third-order valence-corrected chi connectivity index (χ3v) is 2.53. The van der Waals surface area contributed by atoms with E-state index in [1.54, 1.807) is 19.1 Å². The predicted molar refractivity (Wildman–Crippen MR) is 66.2 cm³/mol. The summed E-state index contributed by atoms with van der Waals surface area (Å²) in [7, 11) is 1.34. The Kier molecular flexibility index (Phi) is 5.26. The molecule has 18 heavy (non-hydrogen) atoms. The molecule has 0 aliphatic rings. The second-order valence-corrected chi connectivity index (χ2v) is 3.88. The second kappa shape index (κ2) is 6.70. The van der Waals surface area contributed by atoms with E-state index in [-0.39, 0.29) is 18.1 Å². The Balaban J connectivity index is 2.50. The number of nitro groups is 1. The van der Waals surface area contributed by atoms with Gasteiger partial charge in [-0.1, -0.05) is 12.1 Å². The van der Waals surface area contributed by atoms with Crippen molar-refractivity contribution < 1.29 is 14.5 Å². The number of nitro benzene ring substituents is 1. The molecule has 0 spiro atoms. The summed E-state index contributed by atoms with van der Waals surface area (Å²) in [4.78, 5) is 21.2. The molecule has 0 amide bonds. The summed E-state index contributed by atoms with van der Waals surface area (Å²) in [5.41, 5.74) is 1.57. The van der Waals surface area contributed by atoms with Crippen molar-refractivity contribution in [3.8, 4) is 0 Å². The lowest BCUT2D eigenvalue weighted by Gasteiger charge is -2.05. The summed E-state index contributed by atoms with van der Waals surface area (Å²) in [6, 6.07) is 5.09. The van der Waals surface area contributed by atoms with Crippen LogP contribution in [0.5, 0.6) is 0 Å². The number of aryl methyl sites for hydroxylation is 1. The minimum absolute atomic E-state index is 0.113. The Morgan fingerprint density at radius 3 is 2.83 bits per heavy atom. The van der Waals surface area contributed by atoms with Crippen LogP contribution in [0.3, 0.4) is 0 Å². The van der Waals surface area contributed by atoms with Gasteiger partial charge in [0, 0.05) is 24.7 Å². The predicted octanol–water partition coefficient (Wildman–Crippen LogP) is 1.56. The Labute approximate surface area is 105 Å². The van der Waals surface area contributed by atoms with E-state index < -0.39 is 4.92 Å². The average Bonchev–Trinajstić information content (AvgIpc) is 2.35. The Morgan fingerprint density at radius 1 is 1.50 bits per heavy atom. The number of carbonyl (C=O) groups excluding carboxylic acids is 1. The molecule has 6 heteroatoms. The largest absolute Gasteiger partial charge is 0.469 e. The van der Waals surface area contributed by atoms with Crippen molar-refractivity contribution in [1.29, 1.82) is 0 Å². The van der Waals surface area contributed by atoms with Crippen molar-refractivity contribution >= 4 is 11.7 Å². The van der Waals surface area contributed by atoms with Gasteiger partial charge in [-0.05, 0) is 12.5 Å². The van der Waals surface area contributed by atoms with Gasteiger partial charge >= 0.3 is 5.97 Å². The molecule has 98 valence electrons. The monoisotopic (exact) mass is 252 g/mol. The highest BCUT2D eigenvalue weighted by Crippen LogP contribution is 2.18. The van der Waals surface area contributed by atoms with Crippen LogP contribution >= 0.6 is 0 Å². The van der Waals surface area contributed by atoms with Crippen LogP contribution in [0, 0.1) is 17.0 Å². The van der Waals surface area contributed by atoms with E-state index in [1.807, 2.05) is 6.07 Å². The SMILES string of the molecule is COC(=O)CCNCc1ccc(C)c([N+](=O)[O-])c1. The van der Waals surface area contributed by atoms with Gasteiger partial charge in [0.05, 0.1) is 18.5 Å². The molecule has 0 unspecified atom stereocenters. The molecule has 1 aromatic carbocycles. The average molecular weight is 252 g/mol. The van der Waals surface area contributed by atoms with Crippen molar-refractivity contribution in [1.82, 2.24) is 5.32 Å². The number of benzene rings is 1. The first-order valence-corrected chi connectivity index (χ1v) is 5.56. The quantitative estimate of drug-likeness (QED) is 0.359. The Hall–Kier alpha value is -1.95. The number of rotatable bonds is 6. The van der Waals surface area contributed by atoms with Gasteiger partial charge < -0.3 is 10.1 Å². The number of carbonyl (C=O) groups is 1. The molecule has 0 heterocycles. The number of ether oxygens (including phenoxy) is 1. The molecule has 1 aromatic rings. The fraction of sp³-hybridized carbons (Fsp3) is 0.417. The van der Waals surface area contributed by atoms with Crippen molar-refractivity contribution in [2.45, 2.75) is 19.9 Å². The van der Waals surface area contributed by atoms with Crippen LogP contribution in [0.2, 0.25) is 0 Å². The molecule has 6 nitrogen and oxygen atoms in total. The molecule has 0 saturated heterocycles. The van der Waals surface area contributed by atoms with E-state index in [2.05, 4.69) is 10.1 Å². The molecule has 0 fully saturated rings. The van der Waals surface area contributed by atoms with E-state index in [4.69, 9.17) is 0 Å². The van der Waals surface area contributed by atoms with Crippen LogP contribution in [0.1, 0.15) is 17.5 Å². The topological polar surface area (TPSA) is 81.5 Å². The highest BCUT2D eigenvalue weighted by atomic mass is 16.6. The third-order valence-electron chi connectivity index (χ3n) is 2.53. The fourth-order valence-electron chi connectivity index (χ4n) is 1.49. The second-order valence-electron chi connectivity index (χ2n) is 3.88. The molecule has 0 bridgehead atoms. The molecule has 1 rings (SSSR count). The van der Waals surface area contributed by atoms with Crippen LogP contribution in [-0.2, 0) is 16.1 Å². The van der Waals surface area contributed by atoms with Gasteiger partial charge in [-0.15, -0.1) is 0 Å². The first-order chi connectivity index (χ1) is 8.54. The van der Waals surface area contributed by atoms with Crippen molar-refractivity contribution in [3.63, 3.8) is 0 Å². The van der Waals surface area contributed by atoms with E-state index in [0.717, 1.165) is 5.56 Å². The minimum atomic E-state index is -0.396. The number of hydrogen-bond donors (Lipinski definition) is 1. The summed E-state index contributed by atoms with van der Waals surface area (Å²) < 4.78 is 4.50. The highest BCUT2D eigenvalue weighted by molar-refractivity contribution is 5.69. The summed E-state index contributed by atoms with van der Waals surface area (Å²) in [5.74, 6) is -0.280. The van der Waals surface area contributed by atoms with Crippen LogP contribution < -0.4 is 5.32 Å². The van der Waals surface area contributed by atoms with Crippen molar-refractivity contribution in [2.75, 3.05) is 13.7 Å². The first-order valence-electron chi connectivity index (χ1n) is 5.56. The van der Waals surface area contributed by atoms with Gasteiger partial charge in [0.2, 0.25) is 0 Å². The molecule has 0 radical (unpaired) electrons. The maximum Gasteiger partial charge on any atom is 0.306 e. The van der Waals surface area contributed by atoms with E-state index in [0.29, 0.717) is 18.7 Å². The zero-order chi connectivity index (χ0) is 13.5. The van der Waals surface area contributed by atoms with E-state index in [1.165, 1.54) is 7.11 Å². The summed E-state index contributed by atoms with van der Waals surface area (Å²) in [6.45, 7) is 2.67. The lowest BCUT2D eigenvalue weighted by Crippen LogP contribution is -2.18. The number of nitrogens with one attached hydrogen (secondary N) is 1. The Morgan fingerprint density at radius 2 is 2.22 bits per heavy atom. The van der Waals surface area contributed by atoms with Gasteiger partial charge in [-0.2, -0.15) is 0 Å². The molecule has 0 aliphatic heterocycles. The summed E-state index contributed by atoms with van der Waals surface area (Å²) in [5, 5.41) is 13.8. The fourth-order valence-corrected chi connectivity index (χ4v) is 1.49. The van der Waals surface area contributed by atoms with Crippen LogP contribution in [0.25, 0.3) is 0 Å². The first kappa shape index (κ1) is 14.1. The zero-order valence-electron chi connectivity index (χ0n) is 10.4. The van der Waals surface area contributed by atoms with Gasteiger partial charge in [-0.3, -0.25) is 14.9 Å². The van der Waals surface area contributed by atoms with Crippen LogP contribution in [0.4, 0.5) is 5.69 Å². The molecule has 1 N–H and O–H groups in total. The van der Waals surface area contributed by atoms with Gasteiger partial charge in [0.25, 0.3) is 5.69 Å². The highest BCUT2D eigenvalue weighted by Gasteiger charge is 2.10. The zero-order valence-corrected chi connectivity index (χ0v) is 10.4. The van der Waals surface area contributed by atoms with E-state index in [9.17, 15) is 14.9 Å². The van der Waals surface area contributed by atoms with Crippen LogP contribution in [-0.4, -0.2) is 24.5 Å². The van der Waals surface area contributed by atoms with Gasteiger partial charge in [-0.25, -0.2) is 0 Å². The standard InChI is InChI=1S/C12H16N2O4/c1-9-3-4-10(7-11(9)14(16)17)8-13-6-5-12(15)18-2/h3-4,7,13H,5-6,8H2,1-2H3. The number of esters is 1. The maximum absolute atomic E-state index is 10.9. The maximum atomic E-state index is 10.9. The lowest BCUT2D eigenvalue weighted by molar-refractivity contribution is -0.385. The number of nitrogens with zero attached hydrogens (tertiary/aromatic N) is 1. The molecule has 0 saturated carbocycles. The molecular weight excluding hydrogens is 236 g/mol. The number of methoxy groups -OCH3 is 1. The minimum Gasteiger partial charge on any atom is -0.469 e. The Bertz CT molecular complexity index is 446. The third kappa shape index (κ3) is 4.14. The summed E-state index contributed by atoms with van der Waals surface area (Å²) >= 11 is 0. The van der Waals surface area contributed by atoms with Crippen molar-refractivity contribution in [2.24, 2.45) is 0 Å². The lowest BCUT2D eigenvalue weighted by atomic mass is 10.1. The van der Waals surface area contributed by atoms with Gasteiger partial charge in [0.1, 0.15) is 0 Å². The number of hydrogen-bond acceptors (Lipinski definition) is 5. The summed E-state index contributed by atoms with van der Waals surface area (Å²) in [6.07, 6.45) is 0.282. The molecule has 0 atom stereocenters. The van der Waals surface area contributed by atoms with E-state index >= 15 is 0 Å². The molecule has 0 aliphatic carbocycles. The van der Waals surface area contributed by atoms with Crippen molar-refractivity contribution in [3.05, 3.63) is 39.4 Å².